The van der Waals surface area contributed by atoms with Crippen LogP contribution >= 0.6 is 0 Å². The molecule has 0 bridgehead atoms. The Balaban J connectivity index is 1.43. The lowest BCUT2D eigenvalue weighted by Crippen LogP contribution is -2.55. The first-order chi connectivity index (χ1) is 12.6. The zero-order chi connectivity index (χ0) is 18.3. The molecule has 2 heteroatoms. The van der Waals surface area contributed by atoms with Crippen molar-refractivity contribution in [1.29, 1.82) is 0 Å². The Kier molecular flexibility index (Phi) is 5.43. The van der Waals surface area contributed by atoms with E-state index < -0.39 is 12.2 Å². The Labute approximate surface area is 159 Å². The fourth-order valence-electron chi connectivity index (χ4n) is 6.73. The van der Waals surface area contributed by atoms with Gasteiger partial charge >= 0.3 is 0 Å². The Hall–Kier alpha value is -0.860. The van der Waals surface area contributed by atoms with Gasteiger partial charge in [0.25, 0.3) is 0 Å². The Morgan fingerprint density at radius 1 is 0.769 bits per heavy atom. The Bertz CT molecular complexity index is 587. The third-order valence-electron chi connectivity index (χ3n) is 8.21. The molecule has 6 atom stereocenters. The molecule has 144 valence electrons. The molecule has 1 aromatic rings. The predicted molar refractivity (Wildman–Crippen MR) is 106 cm³/mol. The highest BCUT2D eigenvalue weighted by Gasteiger charge is 2.50. The number of aliphatic hydroxyl groups is 2. The van der Waals surface area contributed by atoms with E-state index in [9.17, 15) is 10.2 Å². The largest absolute Gasteiger partial charge is 0.390 e. The SMILES string of the molecule is Cc1ccc(C2CCC(C3C(C)C4CCCCC4C(O)C3O)CC2)cc1. The minimum Gasteiger partial charge on any atom is -0.390 e. The van der Waals surface area contributed by atoms with Gasteiger partial charge in [-0.3, -0.25) is 0 Å². The summed E-state index contributed by atoms with van der Waals surface area (Å²) in [4.78, 5) is 0. The number of hydrogen-bond acceptors (Lipinski definition) is 2. The van der Waals surface area contributed by atoms with Crippen LogP contribution in [0.5, 0.6) is 0 Å². The van der Waals surface area contributed by atoms with Crippen LogP contribution in [-0.4, -0.2) is 22.4 Å². The van der Waals surface area contributed by atoms with E-state index in [1.165, 1.54) is 56.1 Å². The van der Waals surface area contributed by atoms with Crippen LogP contribution in [0.4, 0.5) is 0 Å². The van der Waals surface area contributed by atoms with Crippen molar-refractivity contribution >= 4 is 0 Å². The number of aliphatic hydroxyl groups excluding tert-OH is 2. The Morgan fingerprint density at radius 2 is 1.38 bits per heavy atom. The molecule has 0 heterocycles. The summed E-state index contributed by atoms with van der Waals surface area (Å²) in [7, 11) is 0. The molecule has 0 aliphatic heterocycles. The number of aryl methyl sites for hydroxylation is 1. The zero-order valence-corrected chi connectivity index (χ0v) is 16.5. The minimum absolute atomic E-state index is 0.295. The van der Waals surface area contributed by atoms with Gasteiger partial charge in [0.05, 0.1) is 12.2 Å². The molecule has 1 aromatic carbocycles. The quantitative estimate of drug-likeness (QED) is 0.777. The first-order valence-corrected chi connectivity index (χ1v) is 11.0. The van der Waals surface area contributed by atoms with E-state index in [4.69, 9.17) is 0 Å². The van der Waals surface area contributed by atoms with Gasteiger partial charge in [-0.05, 0) is 86.5 Å². The van der Waals surface area contributed by atoms with Crippen molar-refractivity contribution in [1.82, 2.24) is 0 Å². The average Bonchev–Trinajstić information content (AvgIpc) is 2.68. The van der Waals surface area contributed by atoms with Crippen LogP contribution in [0.15, 0.2) is 24.3 Å². The highest BCUT2D eigenvalue weighted by molar-refractivity contribution is 5.25. The number of benzene rings is 1. The smallest absolute Gasteiger partial charge is 0.0835 e. The molecule has 3 aliphatic rings. The molecular formula is C24H36O2. The van der Waals surface area contributed by atoms with Gasteiger partial charge in [-0.15, -0.1) is 0 Å². The van der Waals surface area contributed by atoms with Crippen molar-refractivity contribution in [3.8, 4) is 0 Å². The van der Waals surface area contributed by atoms with Gasteiger partial charge in [-0.2, -0.15) is 0 Å². The fraction of sp³-hybridized carbons (Fsp3) is 0.750. The highest BCUT2D eigenvalue weighted by Crippen LogP contribution is 2.51. The first-order valence-electron chi connectivity index (χ1n) is 11.0. The average molecular weight is 357 g/mol. The van der Waals surface area contributed by atoms with E-state index in [2.05, 4.69) is 38.1 Å². The summed E-state index contributed by atoms with van der Waals surface area (Å²) in [6.07, 6.45) is 8.77. The number of fused-ring (bicyclic) bond motifs is 1. The summed E-state index contributed by atoms with van der Waals surface area (Å²) in [5.41, 5.74) is 2.82. The van der Waals surface area contributed by atoms with E-state index in [1.54, 1.807) is 0 Å². The number of hydrogen-bond donors (Lipinski definition) is 2. The second-order valence-electron chi connectivity index (χ2n) is 9.55. The fourth-order valence-corrected chi connectivity index (χ4v) is 6.73. The lowest BCUT2D eigenvalue weighted by atomic mass is 9.55. The molecule has 0 saturated heterocycles. The van der Waals surface area contributed by atoms with Crippen LogP contribution in [0.1, 0.15) is 75.3 Å². The van der Waals surface area contributed by atoms with Crippen LogP contribution < -0.4 is 0 Å². The van der Waals surface area contributed by atoms with Crippen molar-refractivity contribution in [3.05, 3.63) is 35.4 Å². The molecule has 2 nitrogen and oxygen atoms in total. The molecule has 0 aromatic heterocycles. The number of rotatable bonds is 2. The van der Waals surface area contributed by atoms with Crippen molar-refractivity contribution in [2.45, 2.75) is 83.3 Å². The third kappa shape index (κ3) is 3.36. The summed E-state index contributed by atoms with van der Waals surface area (Å²) < 4.78 is 0. The van der Waals surface area contributed by atoms with E-state index in [0.29, 0.717) is 35.5 Å². The molecule has 26 heavy (non-hydrogen) atoms. The monoisotopic (exact) mass is 356 g/mol. The maximum Gasteiger partial charge on any atom is 0.0835 e. The maximum absolute atomic E-state index is 11.0. The summed E-state index contributed by atoms with van der Waals surface area (Å²) in [6, 6.07) is 9.06. The molecule has 0 radical (unpaired) electrons. The van der Waals surface area contributed by atoms with Gasteiger partial charge in [0.2, 0.25) is 0 Å². The van der Waals surface area contributed by atoms with Crippen LogP contribution in [0.2, 0.25) is 0 Å². The molecule has 6 unspecified atom stereocenters. The molecule has 2 N–H and O–H groups in total. The van der Waals surface area contributed by atoms with Gasteiger partial charge in [0, 0.05) is 0 Å². The van der Waals surface area contributed by atoms with E-state index >= 15 is 0 Å². The highest BCUT2D eigenvalue weighted by atomic mass is 16.3. The van der Waals surface area contributed by atoms with Gasteiger partial charge in [-0.25, -0.2) is 0 Å². The molecule has 0 amide bonds. The van der Waals surface area contributed by atoms with Crippen LogP contribution in [0.25, 0.3) is 0 Å². The van der Waals surface area contributed by atoms with Crippen molar-refractivity contribution in [2.75, 3.05) is 0 Å². The lowest BCUT2D eigenvalue weighted by Gasteiger charge is -2.52. The predicted octanol–water partition coefficient (Wildman–Crippen LogP) is 5.06. The standard InChI is InChI=1S/C24H36O2/c1-15-7-9-17(10-8-15)18-11-13-19(14-12-18)22-16(2)20-5-3-4-6-21(20)23(25)24(22)26/h7-10,16,18-26H,3-6,11-14H2,1-2H3. The molecular weight excluding hydrogens is 320 g/mol. The van der Waals surface area contributed by atoms with Gasteiger partial charge in [0.15, 0.2) is 0 Å². The first kappa shape index (κ1) is 18.5. The summed E-state index contributed by atoms with van der Waals surface area (Å²) in [6.45, 7) is 4.52. The normalized spacial score (nSPS) is 43.7. The molecule has 0 spiro atoms. The topological polar surface area (TPSA) is 40.5 Å². The lowest BCUT2D eigenvalue weighted by molar-refractivity contribution is -0.151. The van der Waals surface area contributed by atoms with E-state index in [-0.39, 0.29) is 0 Å². The van der Waals surface area contributed by atoms with Crippen LogP contribution in [-0.2, 0) is 0 Å². The van der Waals surface area contributed by atoms with Crippen LogP contribution in [0, 0.1) is 36.5 Å². The molecule has 3 fully saturated rings. The molecule has 3 aliphatic carbocycles. The summed E-state index contributed by atoms with van der Waals surface area (Å²) >= 11 is 0. The molecule has 3 saturated carbocycles. The summed E-state index contributed by atoms with van der Waals surface area (Å²) in [5.74, 6) is 3.08. The zero-order valence-electron chi connectivity index (χ0n) is 16.5. The summed E-state index contributed by atoms with van der Waals surface area (Å²) in [5, 5.41) is 21.8. The maximum atomic E-state index is 11.0. The van der Waals surface area contributed by atoms with Gasteiger partial charge in [-0.1, -0.05) is 49.6 Å². The molecule has 4 rings (SSSR count). The van der Waals surface area contributed by atoms with Crippen LogP contribution in [0.3, 0.4) is 0 Å². The van der Waals surface area contributed by atoms with E-state index in [1.807, 2.05) is 0 Å². The third-order valence-corrected chi connectivity index (χ3v) is 8.21. The van der Waals surface area contributed by atoms with E-state index in [0.717, 1.165) is 6.42 Å². The van der Waals surface area contributed by atoms with Crippen molar-refractivity contribution < 1.29 is 10.2 Å². The van der Waals surface area contributed by atoms with Crippen molar-refractivity contribution in [2.24, 2.45) is 29.6 Å². The second-order valence-corrected chi connectivity index (χ2v) is 9.55. The minimum atomic E-state index is -0.509. The van der Waals surface area contributed by atoms with Gasteiger partial charge in [0.1, 0.15) is 0 Å². The Morgan fingerprint density at radius 3 is 2.04 bits per heavy atom. The van der Waals surface area contributed by atoms with Crippen molar-refractivity contribution in [3.63, 3.8) is 0 Å². The second kappa shape index (κ2) is 7.64. The van der Waals surface area contributed by atoms with Gasteiger partial charge < -0.3 is 10.2 Å².